The number of hydrogen-bond donors (Lipinski definition) is 2. The minimum absolute atomic E-state index is 0.0730. The van der Waals surface area contributed by atoms with Gasteiger partial charge in [-0.25, -0.2) is 0 Å². The highest BCUT2D eigenvalue weighted by atomic mass is 35.5. The minimum Gasteiger partial charge on any atom is -0.493 e. The lowest BCUT2D eigenvalue weighted by atomic mass is 10.1. The number of alkyl halides is 2. The maximum atomic E-state index is 12.7. The average molecular weight is 487 g/mol. The number of amides is 2. The number of carbonyl (C=O) groups is 2. The van der Waals surface area contributed by atoms with Crippen LogP contribution in [-0.4, -0.2) is 50.1 Å². The number of hydrogen-bond acceptors (Lipinski definition) is 5. The van der Waals surface area contributed by atoms with Crippen LogP contribution < -0.4 is 20.1 Å². The SMILES string of the molecule is COc1ccc(CCNC(=O)C(CCSC)NC(=O)c2ccccc2Cl)cc1OC(F)F. The van der Waals surface area contributed by atoms with E-state index in [1.54, 1.807) is 42.1 Å². The summed E-state index contributed by atoms with van der Waals surface area (Å²) >= 11 is 7.63. The number of carbonyl (C=O) groups excluding carboxylic acids is 2. The Balaban J connectivity index is 1.98. The molecule has 0 aliphatic carbocycles. The fourth-order valence-electron chi connectivity index (χ4n) is 2.90. The summed E-state index contributed by atoms with van der Waals surface area (Å²) in [4.78, 5) is 25.2. The van der Waals surface area contributed by atoms with E-state index in [9.17, 15) is 18.4 Å². The second kappa shape index (κ2) is 13.1. The van der Waals surface area contributed by atoms with Crippen molar-refractivity contribution in [2.24, 2.45) is 0 Å². The smallest absolute Gasteiger partial charge is 0.387 e. The van der Waals surface area contributed by atoms with Gasteiger partial charge in [0.25, 0.3) is 5.91 Å². The Kier molecular flexibility index (Phi) is 10.6. The third kappa shape index (κ3) is 7.87. The number of rotatable bonds is 12. The lowest BCUT2D eigenvalue weighted by Crippen LogP contribution is -2.47. The van der Waals surface area contributed by atoms with Gasteiger partial charge in [-0.15, -0.1) is 0 Å². The van der Waals surface area contributed by atoms with Gasteiger partial charge in [-0.2, -0.15) is 20.5 Å². The van der Waals surface area contributed by atoms with Crippen LogP contribution >= 0.6 is 23.4 Å². The molecule has 2 rings (SSSR count). The lowest BCUT2D eigenvalue weighted by Gasteiger charge is -2.19. The molecule has 0 fully saturated rings. The zero-order chi connectivity index (χ0) is 23.5. The summed E-state index contributed by atoms with van der Waals surface area (Å²) in [5.74, 6) is 0.0275. The Morgan fingerprint density at radius 2 is 1.91 bits per heavy atom. The van der Waals surface area contributed by atoms with E-state index in [4.69, 9.17) is 16.3 Å². The Morgan fingerprint density at radius 3 is 2.56 bits per heavy atom. The van der Waals surface area contributed by atoms with Gasteiger partial charge in [-0.05, 0) is 54.7 Å². The van der Waals surface area contributed by atoms with E-state index < -0.39 is 18.6 Å². The zero-order valence-electron chi connectivity index (χ0n) is 17.7. The van der Waals surface area contributed by atoms with Crippen molar-refractivity contribution in [1.29, 1.82) is 0 Å². The van der Waals surface area contributed by atoms with Crippen LogP contribution in [0.25, 0.3) is 0 Å². The van der Waals surface area contributed by atoms with E-state index in [0.29, 0.717) is 34.7 Å². The molecule has 0 aromatic heterocycles. The fraction of sp³-hybridized carbons (Fsp3) is 0.364. The summed E-state index contributed by atoms with van der Waals surface area (Å²) in [6.45, 7) is -2.73. The monoisotopic (exact) mass is 486 g/mol. The predicted molar refractivity (Wildman–Crippen MR) is 122 cm³/mol. The van der Waals surface area contributed by atoms with Gasteiger partial charge in [0.05, 0.1) is 17.7 Å². The fourth-order valence-corrected chi connectivity index (χ4v) is 3.60. The molecule has 0 heterocycles. The molecule has 0 aliphatic rings. The standard InChI is InChI=1S/C22H25ClF2N2O4S/c1-30-18-8-7-14(13-19(18)31-22(24)25)9-11-26-21(29)17(10-12-32-2)27-20(28)15-5-3-4-6-16(15)23/h3-8,13,17,22H,9-12H2,1-2H3,(H,26,29)(H,27,28). The maximum Gasteiger partial charge on any atom is 0.387 e. The summed E-state index contributed by atoms with van der Waals surface area (Å²) in [7, 11) is 1.36. The molecule has 1 atom stereocenters. The lowest BCUT2D eigenvalue weighted by molar-refractivity contribution is -0.122. The van der Waals surface area contributed by atoms with Gasteiger partial charge < -0.3 is 20.1 Å². The van der Waals surface area contributed by atoms with Crippen LogP contribution in [0.3, 0.4) is 0 Å². The molecule has 2 amide bonds. The van der Waals surface area contributed by atoms with Gasteiger partial charge in [0, 0.05) is 6.54 Å². The van der Waals surface area contributed by atoms with Crippen LogP contribution in [0.1, 0.15) is 22.3 Å². The van der Waals surface area contributed by atoms with Crippen molar-refractivity contribution in [3.8, 4) is 11.5 Å². The zero-order valence-corrected chi connectivity index (χ0v) is 19.3. The van der Waals surface area contributed by atoms with Crippen LogP contribution in [0.4, 0.5) is 8.78 Å². The van der Waals surface area contributed by atoms with E-state index in [1.807, 2.05) is 6.26 Å². The second-order valence-electron chi connectivity index (χ2n) is 6.69. The largest absolute Gasteiger partial charge is 0.493 e. The minimum atomic E-state index is -2.97. The summed E-state index contributed by atoms with van der Waals surface area (Å²) in [5.41, 5.74) is 0.975. The van der Waals surface area contributed by atoms with Crippen molar-refractivity contribution in [1.82, 2.24) is 10.6 Å². The van der Waals surface area contributed by atoms with Crippen LogP contribution in [0, 0.1) is 0 Å². The van der Waals surface area contributed by atoms with Crippen molar-refractivity contribution >= 4 is 35.2 Å². The molecule has 0 saturated carbocycles. The highest BCUT2D eigenvalue weighted by molar-refractivity contribution is 7.98. The first-order valence-electron chi connectivity index (χ1n) is 9.79. The van der Waals surface area contributed by atoms with Crippen molar-refractivity contribution < 1.29 is 27.8 Å². The van der Waals surface area contributed by atoms with Crippen LogP contribution in [0.2, 0.25) is 5.02 Å². The van der Waals surface area contributed by atoms with Crippen molar-refractivity contribution in [3.05, 3.63) is 58.6 Å². The maximum absolute atomic E-state index is 12.7. The van der Waals surface area contributed by atoms with Crippen molar-refractivity contribution in [3.63, 3.8) is 0 Å². The quantitative estimate of drug-likeness (QED) is 0.471. The van der Waals surface area contributed by atoms with Gasteiger partial charge in [0.15, 0.2) is 11.5 Å². The molecule has 2 aromatic rings. The van der Waals surface area contributed by atoms with Gasteiger partial charge in [-0.1, -0.05) is 29.8 Å². The Labute approximate surface area is 195 Å². The molecule has 0 bridgehead atoms. The van der Waals surface area contributed by atoms with Gasteiger partial charge >= 0.3 is 6.61 Å². The third-order valence-corrected chi connectivity index (χ3v) is 5.48. The Hall–Kier alpha value is -2.52. The molecule has 32 heavy (non-hydrogen) atoms. The molecule has 2 aromatic carbocycles. The topological polar surface area (TPSA) is 76.7 Å². The van der Waals surface area contributed by atoms with Gasteiger partial charge in [-0.3, -0.25) is 9.59 Å². The van der Waals surface area contributed by atoms with E-state index in [2.05, 4.69) is 15.4 Å². The van der Waals surface area contributed by atoms with E-state index in [0.717, 1.165) is 0 Å². The number of thioether (sulfide) groups is 1. The molecular weight excluding hydrogens is 462 g/mol. The number of benzene rings is 2. The number of ether oxygens (including phenoxy) is 2. The summed E-state index contributed by atoms with van der Waals surface area (Å²) in [6, 6.07) is 10.5. The first kappa shape index (κ1) is 25.7. The molecular formula is C22H25ClF2N2O4S. The van der Waals surface area contributed by atoms with E-state index in [1.165, 1.54) is 19.2 Å². The highest BCUT2D eigenvalue weighted by Crippen LogP contribution is 2.29. The highest BCUT2D eigenvalue weighted by Gasteiger charge is 2.22. The normalized spacial score (nSPS) is 11.7. The molecule has 0 aliphatic heterocycles. The molecule has 10 heteroatoms. The number of halogens is 3. The molecule has 0 spiro atoms. The van der Waals surface area contributed by atoms with Crippen LogP contribution in [0.5, 0.6) is 11.5 Å². The molecule has 174 valence electrons. The van der Waals surface area contributed by atoms with Crippen LogP contribution in [0.15, 0.2) is 42.5 Å². The first-order chi connectivity index (χ1) is 15.3. The van der Waals surface area contributed by atoms with E-state index >= 15 is 0 Å². The van der Waals surface area contributed by atoms with E-state index in [-0.39, 0.29) is 24.0 Å². The summed E-state index contributed by atoms with van der Waals surface area (Å²) in [5, 5.41) is 5.82. The van der Waals surface area contributed by atoms with Gasteiger partial charge in [0.2, 0.25) is 5.91 Å². The molecule has 0 saturated heterocycles. The third-order valence-electron chi connectivity index (χ3n) is 4.51. The van der Waals surface area contributed by atoms with Crippen molar-refractivity contribution in [2.75, 3.05) is 25.7 Å². The molecule has 1 unspecified atom stereocenters. The Morgan fingerprint density at radius 1 is 1.16 bits per heavy atom. The average Bonchev–Trinajstić information content (AvgIpc) is 2.76. The Bertz CT molecular complexity index is 917. The molecule has 6 nitrogen and oxygen atoms in total. The first-order valence-corrected chi connectivity index (χ1v) is 11.6. The number of methoxy groups -OCH3 is 1. The predicted octanol–water partition coefficient (Wildman–Crippen LogP) is 4.16. The van der Waals surface area contributed by atoms with Crippen LogP contribution in [-0.2, 0) is 11.2 Å². The van der Waals surface area contributed by atoms with Gasteiger partial charge in [0.1, 0.15) is 6.04 Å². The second-order valence-corrected chi connectivity index (χ2v) is 8.08. The molecule has 0 radical (unpaired) electrons. The molecule has 2 N–H and O–H groups in total. The number of nitrogens with one attached hydrogen (secondary N) is 2. The summed E-state index contributed by atoms with van der Waals surface area (Å²) < 4.78 is 34.7. The summed E-state index contributed by atoms with van der Waals surface area (Å²) in [6.07, 6.45) is 2.73. The van der Waals surface area contributed by atoms with Crippen molar-refractivity contribution in [2.45, 2.75) is 25.5 Å².